The van der Waals surface area contributed by atoms with Crippen LogP contribution in [0, 0.1) is 0 Å². The van der Waals surface area contributed by atoms with Crippen LogP contribution in [0.2, 0.25) is 0 Å². The van der Waals surface area contributed by atoms with Gasteiger partial charge in [0.2, 0.25) is 5.91 Å². The van der Waals surface area contributed by atoms with Gasteiger partial charge in [0, 0.05) is 25.0 Å². The van der Waals surface area contributed by atoms with E-state index in [1.165, 1.54) is 37.7 Å². The van der Waals surface area contributed by atoms with Gasteiger partial charge in [-0.05, 0) is 24.3 Å². The van der Waals surface area contributed by atoms with Gasteiger partial charge in [-0.2, -0.15) is 0 Å². The summed E-state index contributed by atoms with van der Waals surface area (Å²) >= 11 is 1.56. The molecule has 4 heteroatoms. The molecule has 0 spiro atoms. The van der Waals surface area contributed by atoms with Crippen molar-refractivity contribution < 1.29 is 4.79 Å². The molecule has 0 N–H and O–H groups in total. The Bertz CT molecular complexity index is 654. The van der Waals surface area contributed by atoms with Gasteiger partial charge >= 0.3 is 0 Å². The van der Waals surface area contributed by atoms with E-state index in [1.54, 1.807) is 30.3 Å². The minimum Gasteiger partial charge on any atom is -0.348 e. The molecule has 23 heavy (non-hydrogen) atoms. The smallest absolute Gasteiger partial charge is 0.228 e. The largest absolute Gasteiger partial charge is 0.348 e. The molecule has 0 unspecified atom stereocenters. The van der Waals surface area contributed by atoms with Gasteiger partial charge < -0.3 is 4.90 Å². The van der Waals surface area contributed by atoms with E-state index in [4.69, 9.17) is 0 Å². The number of hydrogen-bond donors (Lipinski definition) is 0. The number of aromatic nitrogens is 1. The third kappa shape index (κ3) is 3.99. The minimum absolute atomic E-state index is 0.0959. The normalized spacial score (nSPS) is 15.6. The van der Waals surface area contributed by atoms with Crippen molar-refractivity contribution in [2.24, 2.45) is 0 Å². The lowest BCUT2D eigenvalue weighted by Crippen LogP contribution is -2.23. The zero-order valence-corrected chi connectivity index (χ0v) is 14.7. The quantitative estimate of drug-likeness (QED) is 0.828. The van der Waals surface area contributed by atoms with Crippen molar-refractivity contribution in [1.29, 1.82) is 0 Å². The maximum Gasteiger partial charge on any atom is 0.228 e. The Labute approximate surface area is 142 Å². The third-order valence-corrected chi connectivity index (χ3v) is 5.48. The maximum atomic E-state index is 11.8. The van der Waals surface area contributed by atoms with Crippen molar-refractivity contribution in [2.75, 3.05) is 14.1 Å². The van der Waals surface area contributed by atoms with Gasteiger partial charge in [0.1, 0.15) is 5.01 Å². The fourth-order valence-corrected chi connectivity index (χ4v) is 3.97. The second kappa shape index (κ2) is 7.26. The van der Waals surface area contributed by atoms with Crippen molar-refractivity contribution in [3.63, 3.8) is 0 Å². The summed E-state index contributed by atoms with van der Waals surface area (Å²) in [6.07, 6.45) is 7.16. The van der Waals surface area contributed by atoms with E-state index in [2.05, 4.69) is 29.2 Å². The van der Waals surface area contributed by atoms with Crippen LogP contribution in [0.3, 0.4) is 0 Å². The summed E-state index contributed by atoms with van der Waals surface area (Å²) in [5.41, 5.74) is 3.59. The van der Waals surface area contributed by atoms with E-state index in [0.29, 0.717) is 6.42 Å². The van der Waals surface area contributed by atoms with Crippen LogP contribution in [-0.2, 0) is 11.2 Å². The van der Waals surface area contributed by atoms with Gasteiger partial charge in [0.05, 0.1) is 12.1 Å². The van der Waals surface area contributed by atoms with Crippen LogP contribution in [-0.4, -0.2) is 29.9 Å². The van der Waals surface area contributed by atoms with E-state index >= 15 is 0 Å². The summed E-state index contributed by atoms with van der Waals surface area (Å²) < 4.78 is 0. The number of likely N-dealkylation sites (N-methyl/N-ethyl adjacent to an activating group) is 1. The van der Waals surface area contributed by atoms with Crippen LogP contribution < -0.4 is 0 Å². The predicted octanol–water partition coefficient (Wildman–Crippen LogP) is 4.49. The first-order valence-corrected chi connectivity index (χ1v) is 9.26. The lowest BCUT2D eigenvalue weighted by atomic mass is 9.84. The topological polar surface area (TPSA) is 33.2 Å². The highest BCUT2D eigenvalue weighted by molar-refractivity contribution is 7.10. The van der Waals surface area contributed by atoms with Crippen LogP contribution in [0.4, 0.5) is 0 Å². The van der Waals surface area contributed by atoms with E-state index in [9.17, 15) is 4.79 Å². The molecular formula is C19H24N2OS. The van der Waals surface area contributed by atoms with E-state index in [0.717, 1.165) is 22.2 Å². The predicted molar refractivity (Wildman–Crippen MR) is 95.8 cm³/mol. The molecule has 1 aliphatic rings. The molecule has 0 saturated heterocycles. The molecule has 2 aromatic rings. The molecule has 0 aliphatic heterocycles. The first-order valence-electron chi connectivity index (χ1n) is 8.38. The number of carbonyl (C=O) groups is 1. The molecule has 1 aromatic heterocycles. The summed E-state index contributed by atoms with van der Waals surface area (Å²) in [6.45, 7) is 0. The molecule has 1 aliphatic carbocycles. The van der Waals surface area contributed by atoms with E-state index in [1.807, 2.05) is 5.38 Å². The summed E-state index contributed by atoms with van der Waals surface area (Å²) in [5, 5.41) is 2.93. The third-order valence-electron chi connectivity index (χ3n) is 4.64. The fraction of sp³-hybridized carbons (Fsp3) is 0.474. The summed E-state index contributed by atoms with van der Waals surface area (Å²) in [4.78, 5) is 18.0. The molecule has 1 heterocycles. The standard InChI is InChI=1S/C19H24N2OS/c1-21(2)19(22)12-18-20-17(13-23-18)16-10-8-15(9-11-16)14-6-4-3-5-7-14/h8-11,13-14H,3-7,12H2,1-2H3. The lowest BCUT2D eigenvalue weighted by molar-refractivity contribution is -0.127. The molecule has 1 saturated carbocycles. The summed E-state index contributed by atoms with van der Waals surface area (Å²) in [7, 11) is 3.56. The second-order valence-electron chi connectivity index (χ2n) is 6.55. The van der Waals surface area contributed by atoms with Crippen molar-refractivity contribution in [3.8, 4) is 11.3 Å². The minimum atomic E-state index is 0.0959. The van der Waals surface area contributed by atoms with Gasteiger partial charge in [0.15, 0.2) is 0 Å². The van der Waals surface area contributed by atoms with Crippen molar-refractivity contribution in [2.45, 2.75) is 44.4 Å². The number of hydrogen-bond acceptors (Lipinski definition) is 3. The lowest BCUT2D eigenvalue weighted by Gasteiger charge is -2.22. The Hall–Kier alpha value is -1.68. The number of thiazole rings is 1. The van der Waals surface area contributed by atoms with Crippen molar-refractivity contribution >= 4 is 17.2 Å². The molecule has 3 nitrogen and oxygen atoms in total. The first kappa shape index (κ1) is 16.2. The average Bonchev–Trinajstić information content (AvgIpc) is 3.04. The fourth-order valence-electron chi connectivity index (χ4n) is 3.17. The molecule has 0 radical (unpaired) electrons. The Balaban J connectivity index is 1.69. The molecule has 122 valence electrons. The Kier molecular flexibility index (Phi) is 5.11. The molecular weight excluding hydrogens is 304 g/mol. The highest BCUT2D eigenvalue weighted by Crippen LogP contribution is 2.33. The van der Waals surface area contributed by atoms with Crippen LogP contribution >= 0.6 is 11.3 Å². The zero-order valence-electron chi connectivity index (χ0n) is 13.9. The summed E-state index contributed by atoms with van der Waals surface area (Å²) in [5.74, 6) is 0.833. The Morgan fingerprint density at radius 1 is 1.17 bits per heavy atom. The zero-order chi connectivity index (χ0) is 16.2. The highest BCUT2D eigenvalue weighted by Gasteiger charge is 2.16. The molecule has 1 aromatic carbocycles. The van der Waals surface area contributed by atoms with Gasteiger partial charge in [-0.3, -0.25) is 4.79 Å². The van der Waals surface area contributed by atoms with Crippen LogP contribution in [0.25, 0.3) is 11.3 Å². The number of rotatable bonds is 4. The van der Waals surface area contributed by atoms with Gasteiger partial charge in [0.25, 0.3) is 0 Å². The first-order chi connectivity index (χ1) is 11.1. The van der Waals surface area contributed by atoms with Crippen LogP contribution in [0.15, 0.2) is 29.6 Å². The SMILES string of the molecule is CN(C)C(=O)Cc1nc(-c2ccc(C3CCCCC3)cc2)cs1. The molecule has 0 atom stereocenters. The van der Waals surface area contributed by atoms with Crippen LogP contribution in [0.5, 0.6) is 0 Å². The number of amides is 1. The second-order valence-corrected chi connectivity index (χ2v) is 7.49. The average molecular weight is 328 g/mol. The highest BCUT2D eigenvalue weighted by atomic mass is 32.1. The van der Waals surface area contributed by atoms with E-state index < -0.39 is 0 Å². The van der Waals surface area contributed by atoms with Crippen molar-refractivity contribution in [1.82, 2.24) is 9.88 Å². The number of benzene rings is 1. The monoisotopic (exact) mass is 328 g/mol. The summed E-state index contributed by atoms with van der Waals surface area (Å²) in [6, 6.07) is 8.87. The number of nitrogens with zero attached hydrogens (tertiary/aromatic N) is 2. The van der Waals surface area contributed by atoms with Crippen molar-refractivity contribution in [3.05, 3.63) is 40.2 Å². The maximum absolute atomic E-state index is 11.8. The Morgan fingerprint density at radius 2 is 1.87 bits per heavy atom. The molecule has 0 bridgehead atoms. The molecule has 1 fully saturated rings. The van der Waals surface area contributed by atoms with Crippen LogP contribution in [0.1, 0.15) is 48.6 Å². The number of carbonyl (C=O) groups excluding carboxylic acids is 1. The van der Waals surface area contributed by atoms with Gasteiger partial charge in [-0.15, -0.1) is 11.3 Å². The van der Waals surface area contributed by atoms with E-state index in [-0.39, 0.29) is 5.91 Å². The van der Waals surface area contributed by atoms with Gasteiger partial charge in [-0.1, -0.05) is 43.5 Å². The Morgan fingerprint density at radius 3 is 2.52 bits per heavy atom. The molecule has 3 rings (SSSR count). The molecule has 1 amide bonds. The van der Waals surface area contributed by atoms with Gasteiger partial charge in [-0.25, -0.2) is 4.98 Å².